The van der Waals surface area contributed by atoms with E-state index in [0.717, 1.165) is 15.8 Å². The molecule has 4 rings (SSSR count). The van der Waals surface area contributed by atoms with Crippen molar-refractivity contribution in [3.8, 4) is 0 Å². The van der Waals surface area contributed by atoms with E-state index in [1.54, 1.807) is 37.3 Å². The quantitative estimate of drug-likeness (QED) is 0.223. The molecule has 0 bridgehead atoms. The van der Waals surface area contributed by atoms with Gasteiger partial charge in [0.25, 0.3) is 0 Å². The molecule has 4 aromatic heterocycles. The molecule has 12 nitrogen and oxygen atoms in total. The first kappa shape index (κ1) is 19.5. The third-order valence-corrected chi connectivity index (χ3v) is 12.8. The van der Waals surface area contributed by atoms with Crippen LogP contribution in [0.25, 0.3) is 22.3 Å². The first-order valence-corrected chi connectivity index (χ1v) is 14.3. The molecule has 0 saturated heterocycles. The van der Waals surface area contributed by atoms with Crippen LogP contribution >= 0.6 is 0 Å². The number of hydrogen-bond donors (Lipinski definition) is 0. The molecule has 0 aliphatic heterocycles. The van der Waals surface area contributed by atoms with Gasteiger partial charge in [-0.2, -0.15) is 0 Å². The fourth-order valence-corrected chi connectivity index (χ4v) is 9.54. The molecule has 0 unspecified atom stereocenters. The van der Waals surface area contributed by atoms with E-state index in [-0.39, 0.29) is 0 Å². The van der Waals surface area contributed by atoms with Crippen molar-refractivity contribution < 1.29 is 24.6 Å². The van der Waals surface area contributed by atoms with Gasteiger partial charge in [-0.05, 0) is 0 Å². The molecule has 29 heavy (non-hydrogen) atoms. The summed E-state index contributed by atoms with van der Waals surface area (Å²) in [5, 5.41) is 0. The van der Waals surface area contributed by atoms with Gasteiger partial charge in [0.05, 0.1) is 0 Å². The zero-order valence-corrected chi connectivity index (χ0v) is 22.4. The van der Waals surface area contributed by atoms with Crippen LogP contribution in [0.1, 0.15) is 0 Å². The molecule has 0 aliphatic rings. The predicted octanol–water partition coefficient (Wildman–Crippen LogP) is -3.71. The van der Waals surface area contributed by atoms with E-state index in [1.165, 1.54) is 23.2 Å². The number of imidazole rings is 2. The van der Waals surface area contributed by atoms with E-state index in [4.69, 9.17) is 0 Å². The Kier molecular flexibility index (Phi) is 4.29. The van der Waals surface area contributed by atoms with E-state index in [0.29, 0.717) is 22.3 Å². The second-order valence-electron chi connectivity index (χ2n) is 7.11. The van der Waals surface area contributed by atoms with Crippen molar-refractivity contribution in [3.63, 3.8) is 0 Å². The monoisotopic (exact) mass is 588 g/mol. The van der Waals surface area contributed by atoms with E-state index in [1.807, 2.05) is 0 Å². The Labute approximate surface area is 174 Å². The third kappa shape index (κ3) is 2.54. The van der Waals surface area contributed by atoms with Crippen LogP contribution in [0, 0.1) is 0 Å². The molecule has 0 fully saturated rings. The van der Waals surface area contributed by atoms with E-state index in [9.17, 15) is 19.2 Å². The Bertz CT molecular complexity index is 1460. The molecule has 0 amide bonds. The number of nitrogens with zero attached hydrogens (tertiary/aromatic N) is 8. The summed E-state index contributed by atoms with van der Waals surface area (Å²) < 4.78 is 9.69. The van der Waals surface area contributed by atoms with Crippen molar-refractivity contribution in [2.75, 3.05) is 0 Å². The fraction of sp³-hybridized carbons (Fsp3) is 0.375. The van der Waals surface area contributed by atoms with Gasteiger partial charge in [0.1, 0.15) is 0 Å². The van der Waals surface area contributed by atoms with Crippen LogP contribution in [0.5, 0.6) is 0 Å². The molecule has 0 radical (unpaired) electrons. The second-order valence-corrected chi connectivity index (χ2v) is 13.4. The normalized spacial score (nSPS) is 11.5. The second kappa shape index (κ2) is 6.37. The SMILES string of the molecule is Cn1c(=O)c2c(n[c]([Hg][c]3nc4c(c(=O)n(C)c(=O)n4C)n3C)n2C)n(C)c1=O. The van der Waals surface area contributed by atoms with Gasteiger partial charge in [-0.1, -0.05) is 0 Å². The van der Waals surface area contributed by atoms with E-state index < -0.39 is 47.1 Å². The summed E-state index contributed by atoms with van der Waals surface area (Å²) >= 11 is -2.27. The number of hydrogen-bond acceptors (Lipinski definition) is 6. The Hall–Kier alpha value is -2.76. The summed E-state index contributed by atoms with van der Waals surface area (Å²) in [5.74, 6) is 0. The van der Waals surface area contributed by atoms with Crippen LogP contribution in [-0.2, 0) is 66.9 Å². The first-order chi connectivity index (χ1) is 13.6. The van der Waals surface area contributed by atoms with Crippen molar-refractivity contribution in [1.82, 2.24) is 37.4 Å². The molecule has 0 aromatic carbocycles. The van der Waals surface area contributed by atoms with Crippen molar-refractivity contribution in [3.05, 3.63) is 41.7 Å². The van der Waals surface area contributed by atoms with Crippen molar-refractivity contribution >= 4 is 29.0 Å². The van der Waals surface area contributed by atoms with Gasteiger partial charge in [0.15, 0.2) is 0 Å². The topological polar surface area (TPSA) is 124 Å². The standard InChI is InChI=1S/2C8H9N4O2.Hg/c2*1-10-4-9-6-5(10)7(13)12(3)8(14)11(6)2;/h2*1-3H3;. The number of aromatic nitrogens is 8. The van der Waals surface area contributed by atoms with Crippen molar-refractivity contribution in [2.24, 2.45) is 42.3 Å². The van der Waals surface area contributed by atoms with Crippen LogP contribution in [0.3, 0.4) is 0 Å². The molecule has 13 heteroatoms. The zero-order valence-electron chi connectivity index (χ0n) is 16.9. The molecule has 0 spiro atoms. The van der Waals surface area contributed by atoms with Crippen LogP contribution in [-0.4, -0.2) is 37.4 Å². The number of fused-ring (bicyclic) bond motifs is 2. The molecule has 0 saturated carbocycles. The Morgan fingerprint density at radius 3 is 1.24 bits per heavy atom. The summed E-state index contributed by atoms with van der Waals surface area (Å²) in [6, 6.07) is 0. The van der Waals surface area contributed by atoms with Crippen molar-refractivity contribution in [1.29, 1.82) is 0 Å². The van der Waals surface area contributed by atoms with Crippen molar-refractivity contribution in [2.45, 2.75) is 0 Å². The predicted molar refractivity (Wildman–Crippen MR) is 102 cm³/mol. The van der Waals surface area contributed by atoms with Gasteiger partial charge in [-0.15, -0.1) is 0 Å². The molecule has 4 heterocycles. The summed E-state index contributed by atoms with van der Waals surface area (Å²) in [7, 11) is 9.51. The zero-order chi connectivity index (χ0) is 21.4. The van der Waals surface area contributed by atoms with E-state index >= 15 is 0 Å². The van der Waals surface area contributed by atoms with Crippen LogP contribution in [0.4, 0.5) is 0 Å². The van der Waals surface area contributed by atoms with Crippen LogP contribution < -0.4 is 29.2 Å². The average Bonchev–Trinajstić information content (AvgIpc) is 3.19. The average molecular weight is 587 g/mol. The molecular weight excluding hydrogens is 569 g/mol. The minimum absolute atomic E-state index is 0.331. The third-order valence-electron chi connectivity index (χ3n) is 5.45. The fourth-order valence-electron chi connectivity index (χ4n) is 3.58. The van der Waals surface area contributed by atoms with E-state index in [2.05, 4.69) is 9.97 Å². The molecule has 4 aromatic rings. The van der Waals surface area contributed by atoms with Crippen LogP contribution in [0.2, 0.25) is 0 Å². The van der Waals surface area contributed by atoms with Gasteiger partial charge >= 0.3 is 175 Å². The number of rotatable bonds is 2. The summed E-state index contributed by atoms with van der Waals surface area (Å²) in [5.41, 5.74) is -0.318. The number of aryl methyl sites for hydroxylation is 4. The first-order valence-electron chi connectivity index (χ1n) is 8.78. The molecule has 148 valence electrons. The molecule has 0 aliphatic carbocycles. The molecular formula is C16H18HgN8O4. The Balaban J connectivity index is 1.98. The Morgan fingerprint density at radius 1 is 0.552 bits per heavy atom. The molecule has 0 N–H and O–H groups in total. The maximum absolute atomic E-state index is 12.6. The van der Waals surface area contributed by atoms with Gasteiger partial charge in [0, 0.05) is 0 Å². The van der Waals surface area contributed by atoms with Gasteiger partial charge in [0.2, 0.25) is 0 Å². The summed E-state index contributed by atoms with van der Waals surface area (Å²) in [4.78, 5) is 58.7. The molecule has 0 atom stereocenters. The van der Waals surface area contributed by atoms with Gasteiger partial charge < -0.3 is 0 Å². The van der Waals surface area contributed by atoms with Gasteiger partial charge in [-0.25, -0.2) is 0 Å². The summed E-state index contributed by atoms with van der Waals surface area (Å²) in [6.45, 7) is 0. The minimum atomic E-state index is -2.27. The van der Waals surface area contributed by atoms with Crippen LogP contribution in [0.15, 0.2) is 19.2 Å². The summed E-state index contributed by atoms with van der Waals surface area (Å²) in [6.07, 6.45) is 0. The van der Waals surface area contributed by atoms with Gasteiger partial charge in [-0.3, -0.25) is 0 Å². The maximum atomic E-state index is 12.6. The Morgan fingerprint density at radius 2 is 0.897 bits per heavy atom.